The first-order chi connectivity index (χ1) is 34.2. The van der Waals surface area contributed by atoms with Crippen molar-refractivity contribution in [3.05, 3.63) is 231 Å². The van der Waals surface area contributed by atoms with Crippen LogP contribution in [0.1, 0.15) is 0 Å². The number of hydrogen-bond donors (Lipinski definition) is 0. The minimum atomic E-state index is 0.551. The van der Waals surface area contributed by atoms with Crippen molar-refractivity contribution in [2.75, 3.05) is 0 Å². The van der Waals surface area contributed by atoms with Gasteiger partial charge in [0.1, 0.15) is 17.5 Å². The second-order valence-electron chi connectivity index (χ2n) is 17.3. The molecular formula is C61H38N8. The van der Waals surface area contributed by atoms with Gasteiger partial charge < -0.3 is 0 Å². The van der Waals surface area contributed by atoms with Crippen LogP contribution < -0.4 is 0 Å². The third kappa shape index (κ3) is 6.27. The fourth-order valence-corrected chi connectivity index (χ4v) is 10.2. The van der Waals surface area contributed by atoms with E-state index < -0.39 is 0 Å². The molecule has 0 fully saturated rings. The molecule has 14 aromatic rings. The first-order valence-corrected chi connectivity index (χ1v) is 23.1. The molecule has 0 amide bonds. The van der Waals surface area contributed by atoms with E-state index in [1.165, 1.54) is 21.5 Å². The summed E-state index contributed by atoms with van der Waals surface area (Å²) < 4.78 is 6.72. The van der Waals surface area contributed by atoms with Gasteiger partial charge in [-0.1, -0.05) is 152 Å². The smallest absolute Gasteiger partial charge is 0.162 e. The van der Waals surface area contributed by atoms with Gasteiger partial charge >= 0.3 is 0 Å². The highest BCUT2D eigenvalue weighted by molar-refractivity contribution is 6.11. The summed E-state index contributed by atoms with van der Waals surface area (Å²) in [4.78, 5) is 27.1. The van der Waals surface area contributed by atoms with Gasteiger partial charge in [0.15, 0.2) is 5.82 Å². The van der Waals surface area contributed by atoms with Crippen LogP contribution in [-0.2, 0) is 0 Å². The highest BCUT2D eigenvalue weighted by Crippen LogP contribution is 2.37. The Morgan fingerprint density at radius 3 is 0.986 bits per heavy atom. The van der Waals surface area contributed by atoms with Crippen molar-refractivity contribution in [1.82, 2.24) is 38.6 Å². The molecular weight excluding hydrogens is 845 g/mol. The van der Waals surface area contributed by atoms with Crippen LogP contribution in [0.4, 0.5) is 0 Å². The molecule has 7 aromatic carbocycles. The molecule has 0 aliphatic carbocycles. The number of hydrogen-bond acceptors (Lipinski definition) is 5. The fraction of sp³-hybridized carbons (Fsp3) is 0. The third-order valence-corrected chi connectivity index (χ3v) is 13.3. The van der Waals surface area contributed by atoms with Crippen molar-refractivity contribution in [1.29, 1.82) is 0 Å². The maximum Gasteiger partial charge on any atom is 0.162 e. The first-order valence-electron chi connectivity index (χ1n) is 23.1. The molecule has 0 bridgehead atoms. The zero-order valence-corrected chi connectivity index (χ0v) is 37.0. The lowest BCUT2D eigenvalue weighted by atomic mass is 10.1. The second-order valence-corrected chi connectivity index (χ2v) is 17.3. The minimum Gasteiger partial charge on any atom is -0.294 e. The molecule has 322 valence electrons. The minimum absolute atomic E-state index is 0.551. The van der Waals surface area contributed by atoms with E-state index in [-0.39, 0.29) is 0 Å². The highest BCUT2D eigenvalue weighted by atomic mass is 15.1. The summed E-state index contributed by atoms with van der Waals surface area (Å²) in [6.07, 6.45) is 0. The summed E-state index contributed by atoms with van der Waals surface area (Å²) in [5.41, 5.74) is 11.8. The number of aromatic nitrogens is 8. The van der Waals surface area contributed by atoms with Gasteiger partial charge in [-0.25, -0.2) is 24.9 Å². The molecule has 7 heterocycles. The predicted octanol–water partition coefficient (Wildman–Crippen LogP) is 14.6. The van der Waals surface area contributed by atoms with E-state index in [1.807, 2.05) is 30.3 Å². The molecule has 0 atom stereocenters. The SMILES string of the molecule is c1ccc(-c2cc(-n3c4ccccc4c4ccccc43)nc(-c3cc(-c4cccc(-n5c6ccccc6c6ccccc65)n4)nc(-c4cccc(-n5c6ccccc6c6ccccc65)n4)c3)n2)cc1. The Morgan fingerprint density at radius 1 is 0.217 bits per heavy atom. The van der Waals surface area contributed by atoms with Crippen LogP contribution in [0.2, 0.25) is 0 Å². The summed E-state index contributed by atoms with van der Waals surface area (Å²) in [5.74, 6) is 2.89. The van der Waals surface area contributed by atoms with Gasteiger partial charge in [-0.3, -0.25) is 13.7 Å². The number of nitrogens with zero attached hydrogens (tertiary/aromatic N) is 8. The van der Waals surface area contributed by atoms with Crippen LogP contribution in [-0.4, -0.2) is 38.6 Å². The molecule has 8 heteroatoms. The molecule has 0 aliphatic heterocycles. The predicted molar refractivity (Wildman–Crippen MR) is 280 cm³/mol. The van der Waals surface area contributed by atoms with Gasteiger partial charge in [0.2, 0.25) is 0 Å². The molecule has 0 aliphatic rings. The topological polar surface area (TPSA) is 79.2 Å². The third-order valence-electron chi connectivity index (χ3n) is 13.3. The van der Waals surface area contributed by atoms with Crippen molar-refractivity contribution < 1.29 is 0 Å². The Labute approximate surface area is 395 Å². The highest BCUT2D eigenvalue weighted by Gasteiger charge is 2.21. The van der Waals surface area contributed by atoms with Gasteiger partial charge in [0.05, 0.1) is 61.6 Å². The number of fused-ring (bicyclic) bond motifs is 9. The first kappa shape index (κ1) is 38.7. The van der Waals surface area contributed by atoms with Crippen molar-refractivity contribution in [2.24, 2.45) is 0 Å². The van der Waals surface area contributed by atoms with E-state index in [1.54, 1.807) is 0 Å². The fourth-order valence-electron chi connectivity index (χ4n) is 10.2. The average Bonchev–Trinajstić information content (AvgIpc) is 4.07. The van der Waals surface area contributed by atoms with E-state index in [2.05, 4.69) is 214 Å². The van der Waals surface area contributed by atoms with Crippen LogP contribution in [0, 0.1) is 0 Å². The lowest BCUT2D eigenvalue weighted by molar-refractivity contribution is 1.04. The summed E-state index contributed by atoms with van der Waals surface area (Å²) in [6.45, 7) is 0. The van der Waals surface area contributed by atoms with Crippen LogP contribution in [0.3, 0.4) is 0 Å². The van der Waals surface area contributed by atoms with Gasteiger partial charge in [-0.15, -0.1) is 0 Å². The largest absolute Gasteiger partial charge is 0.294 e. The summed E-state index contributed by atoms with van der Waals surface area (Å²) in [6, 6.07) is 79.9. The molecule has 69 heavy (non-hydrogen) atoms. The lowest BCUT2D eigenvalue weighted by Gasteiger charge is -2.14. The van der Waals surface area contributed by atoms with Crippen LogP contribution >= 0.6 is 0 Å². The number of rotatable bonds is 7. The molecule has 7 aromatic heterocycles. The normalized spacial score (nSPS) is 11.8. The van der Waals surface area contributed by atoms with Crippen molar-refractivity contribution in [3.63, 3.8) is 0 Å². The zero-order chi connectivity index (χ0) is 45.4. The quantitative estimate of drug-likeness (QED) is 0.159. The average molecular weight is 883 g/mol. The van der Waals surface area contributed by atoms with E-state index in [0.29, 0.717) is 28.6 Å². The molecule has 0 spiro atoms. The molecule has 0 N–H and O–H groups in total. The molecule has 8 nitrogen and oxygen atoms in total. The maximum absolute atomic E-state index is 5.47. The zero-order valence-electron chi connectivity index (χ0n) is 37.0. The number of para-hydroxylation sites is 6. The number of benzene rings is 7. The Balaban J connectivity index is 1.01. The van der Waals surface area contributed by atoms with Crippen molar-refractivity contribution in [2.45, 2.75) is 0 Å². The Morgan fingerprint density at radius 2 is 0.580 bits per heavy atom. The Hall–Kier alpha value is -9.53. The molecule has 14 rings (SSSR count). The van der Waals surface area contributed by atoms with Crippen molar-refractivity contribution in [3.8, 4) is 62.9 Å². The Kier molecular flexibility index (Phi) is 8.72. The maximum atomic E-state index is 5.47. The second kappa shape index (κ2) is 15.5. The standard InChI is InChI=1S/C61H38N8/c1-2-18-39(19-3-1)49-38-60(69-56-32-14-8-24-45(56)46-25-9-15-33-57(46)69)66-61(65-49)40-36-50(47-26-16-34-58(63-47)67-52-28-10-4-20-41(52)42-21-5-11-29-53(42)67)62-51(37-40)48-27-17-35-59(64-48)68-54-30-12-6-22-43(54)44-23-7-13-31-55(44)68/h1-38H. The summed E-state index contributed by atoms with van der Waals surface area (Å²) >= 11 is 0. The molecule has 0 saturated heterocycles. The van der Waals surface area contributed by atoms with Crippen LogP contribution in [0.25, 0.3) is 128 Å². The van der Waals surface area contributed by atoms with E-state index in [0.717, 1.165) is 78.1 Å². The van der Waals surface area contributed by atoms with Crippen LogP contribution in [0.15, 0.2) is 231 Å². The monoisotopic (exact) mass is 882 g/mol. The van der Waals surface area contributed by atoms with Crippen LogP contribution in [0.5, 0.6) is 0 Å². The summed E-state index contributed by atoms with van der Waals surface area (Å²) in [5, 5.41) is 7.01. The van der Waals surface area contributed by atoms with E-state index in [9.17, 15) is 0 Å². The van der Waals surface area contributed by atoms with Crippen molar-refractivity contribution >= 4 is 65.4 Å². The molecule has 0 saturated carbocycles. The Bertz CT molecular complexity index is 4000. The number of pyridine rings is 3. The molecule has 0 unspecified atom stereocenters. The van der Waals surface area contributed by atoms with E-state index in [4.69, 9.17) is 24.9 Å². The van der Waals surface area contributed by atoms with Gasteiger partial charge in [-0.2, -0.15) is 0 Å². The van der Waals surface area contributed by atoms with Gasteiger partial charge in [0, 0.05) is 49.5 Å². The summed E-state index contributed by atoms with van der Waals surface area (Å²) in [7, 11) is 0. The lowest BCUT2D eigenvalue weighted by Crippen LogP contribution is -2.04. The van der Waals surface area contributed by atoms with Gasteiger partial charge in [0.25, 0.3) is 0 Å². The van der Waals surface area contributed by atoms with E-state index >= 15 is 0 Å². The van der Waals surface area contributed by atoms with Gasteiger partial charge in [-0.05, 0) is 72.8 Å². The molecule has 0 radical (unpaired) electrons.